The molecule has 0 amide bonds. The highest BCUT2D eigenvalue weighted by atomic mass is 15.3. The monoisotopic (exact) mass is 278 g/mol. The van der Waals surface area contributed by atoms with Gasteiger partial charge in [0.25, 0.3) is 0 Å². The summed E-state index contributed by atoms with van der Waals surface area (Å²) in [5.41, 5.74) is 3.54. The molecule has 0 saturated carbocycles. The fourth-order valence-electron chi connectivity index (χ4n) is 2.28. The molecule has 4 heteroatoms. The fraction of sp³-hybridized carbons (Fsp3) is 0.176. The second-order valence-electron chi connectivity index (χ2n) is 5.14. The first kappa shape index (κ1) is 13.4. The third kappa shape index (κ3) is 3.11. The third-order valence-electron chi connectivity index (χ3n) is 3.41. The summed E-state index contributed by atoms with van der Waals surface area (Å²) < 4.78 is 1.74. The van der Waals surface area contributed by atoms with Crippen molar-refractivity contribution in [2.45, 2.75) is 19.9 Å². The Balaban J connectivity index is 1.73. The predicted molar refractivity (Wildman–Crippen MR) is 84.6 cm³/mol. The van der Waals surface area contributed by atoms with E-state index in [1.165, 1.54) is 11.1 Å². The van der Waals surface area contributed by atoms with Crippen molar-refractivity contribution in [3.05, 3.63) is 72.2 Å². The van der Waals surface area contributed by atoms with Gasteiger partial charge in [-0.2, -0.15) is 5.10 Å². The van der Waals surface area contributed by atoms with Crippen LogP contribution in [0.3, 0.4) is 0 Å². The zero-order chi connectivity index (χ0) is 14.7. The van der Waals surface area contributed by atoms with E-state index in [2.05, 4.69) is 53.5 Å². The van der Waals surface area contributed by atoms with E-state index >= 15 is 0 Å². The van der Waals surface area contributed by atoms with Crippen LogP contribution in [0.5, 0.6) is 0 Å². The number of aryl methyl sites for hydroxylation is 1. The van der Waals surface area contributed by atoms with Crippen LogP contribution in [0.1, 0.15) is 24.1 Å². The molecule has 3 aromatic rings. The quantitative estimate of drug-likeness (QED) is 0.790. The van der Waals surface area contributed by atoms with Crippen molar-refractivity contribution in [3.63, 3.8) is 0 Å². The van der Waals surface area contributed by atoms with Gasteiger partial charge in [0, 0.05) is 18.4 Å². The molecule has 0 spiro atoms. The summed E-state index contributed by atoms with van der Waals surface area (Å²) in [6, 6.07) is 14.6. The minimum absolute atomic E-state index is 0.238. The van der Waals surface area contributed by atoms with E-state index in [1.807, 2.05) is 30.6 Å². The molecule has 21 heavy (non-hydrogen) atoms. The second-order valence-corrected chi connectivity index (χ2v) is 5.14. The van der Waals surface area contributed by atoms with Crippen LogP contribution in [0.2, 0.25) is 0 Å². The van der Waals surface area contributed by atoms with E-state index in [4.69, 9.17) is 0 Å². The van der Waals surface area contributed by atoms with Gasteiger partial charge in [-0.1, -0.05) is 29.8 Å². The molecule has 0 aliphatic rings. The van der Waals surface area contributed by atoms with Crippen LogP contribution in [0.25, 0.3) is 5.82 Å². The maximum absolute atomic E-state index is 4.42. The number of anilines is 1. The van der Waals surface area contributed by atoms with Gasteiger partial charge in [-0.05, 0) is 37.6 Å². The van der Waals surface area contributed by atoms with Crippen LogP contribution in [-0.4, -0.2) is 14.8 Å². The molecule has 0 fully saturated rings. The van der Waals surface area contributed by atoms with Crippen LogP contribution in [-0.2, 0) is 0 Å². The molecule has 0 aliphatic heterocycles. The summed E-state index contributed by atoms with van der Waals surface area (Å²) in [6.45, 7) is 4.26. The van der Waals surface area contributed by atoms with Crippen molar-refractivity contribution in [3.8, 4) is 5.82 Å². The molecule has 4 nitrogen and oxygen atoms in total. The van der Waals surface area contributed by atoms with Gasteiger partial charge in [0.1, 0.15) is 0 Å². The van der Waals surface area contributed by atoms with Crippen molar-refractivity contribution in [2.24, 2.45) is 0 Å². The third-order valence-corrected chi connectivity index (χ3v) is 3.41. The number of benzene rings is 1. The lowest BCUT2D eigenvalue weighted by Crippen LogP contribution is -2.07. The first-order valence-electron chi connectivity index (χ1n) is 7.01. The van der Waals surface area contributed by atoms with Crippen molar-refractivity contribution in [1.82, 2.24) is 14.8 Å². The van der Waals surface area contributed by atoms with Crippen LogP contribution in [0.4, 0.5) is 5.69 Å². The lowest BCUT2D eigenvalue weighted by atomic mass is 10.1. The minimum atomic E-state index is 0.238. The Hall–Kier alpha value is -2.62. The summed E-state index contributed by atoms with van der Waals surface area (Å²) in [5.74, 6) is 0.814. The molecule has 2 aromatic heterocycles. The lowest BCUT2D eigenvalue weighted by molar-refractivity contribution is 0.842. The molecule has 106 valence electrons. The zero-order valence-electron chi connectivity index (χ0n) is 12.2. The van der Waals surface area contributed by atoms with Crippen LogP contribution in [0.15, 0.2) is 61.1 Å². The molecule has 1 unspecified atom stereocenters. The van der Waals surface area contributed by atoms with Crippen LogP contribution < -0.4 is 5.32 Å². The molecule has 3 rings (SSSR count). The molecule has 2 heterocycles. The summed E-state index contributed by atoms with van der Waals surface area (Å²) in [5, 5.41) is 7.63. The maximum Gasteiger partial charge on any atom is 0.153 e. The smallest absolute Gasteiger partial charge is 0.153 e. The van der Waals surface area contributed by atoms with Crippen molar-refractivity contribution >= 4 is 5.69 Å². The Morgan fingerprint density at radius 1 is 1.14 bits per heavy atom. The summed E-state index contributed by atoms with van der Waals surface area (Å²) in [6.07, 6.45) is 5.46. The first-order chi connectivity index (χ1) is 10.2. The second kappa shape index (κ2) is 5.79. The fourth-order valence-corrected chi connectivity index (χ4v) is 2.28. The number of aromatic nitrogens is 3. The highest BCUT2D eigenvalue weighted by Crippen LogP contribution is 2.20. The normalized spacial score (nSPS) is 12.1. The molecular formula is C17H18N4. The van der Waals surface area contributed by atoms with Gasteiger partial charge in [0.2, 0.25) is 0 Å². The first-order valence-corrected chi connectivity index (χ1v) is 7.01. The van der Waals surface area contributed by atoms with Gasteiger partial charge in [0.05, 0.1) is 11.9 Å². The van der Waals surface area contributed by atoms with Gasteiger partial charge in [0.15, 0.2) is 5.82 Å². The molecule has 0 bridgehead atoms. The van der Waals surface area contributed by atoms with E-state index in [-0.39, 0.29) is 6.04 Å². The Kier molecular flexibility index (Phi) is 3.69. The predicted octanol–water partition coefficient (Wildman–Crippen LogP) is 3.75. The molecule has 1 aromatic carbocycles. The highest BCUT2D eigenvalue weighted by Gasteiger charge is 2.06. The van der Waals surface area contributed by atoms with Gasteiger partial charge < -0.3 is 5.32 Å². The maximum atomic E-state index is 4.42. The van der Waals surface area contributed by atoms with Crippen molar-refractivity contribution in [2.75, 3.05) is 5.32 Å². The van der Waals surface area contributed by atoms with E-state index in [0.29, 0.717) is 0 Å². The number of nitrogens with one attached hydrogen (secondary N) is 1. The van der Waals surface area contributed by atoms with E-state index in [0.717, 1.165) is 11.5 Å². The standard InChI is InChI=1S/C17H18N4/c1-13-5-3-6-15(11-13)14(2)20-16-7-8-17(18-12-16)21-10-4-9-19-21/h3-12,14,20H,1-2H3. The average molecular weight is 278 g/mol. The molecular weight excluding hydrogens is 260 g/mol. The molecule has 0 radical (unpaired) electrons. The van der Waals surface area contributed by atoms with Gasteiger partial charge in [-0.25, -0.2) is 9.67 Å². The Morgan fingerprint density at radius 2 is 2.05 bits per heavy atom. The molecule has 0 saturated heterocycles. The van der Waals surface area contributed by atoms with Gasteiger partial charge in [-0.3, -0.25) is 0 Å². The van der Waals surface area contributed by atoms with Crippen LogP contribution >= 0.6 is 0 Å². The van der Waals surface area contributed by atoms with E-state index in [1.54, 1.807) is 10.9 Å². The Morgan fingerprint density at radius 3 is 2.71 bits per heavy atom. The summed E-state index contributed by atoms with van der Waals surface area (Å²) in [7, 11) is 0. The minimum Gasteiger partial charge on any atom is -0.377 e. The number of rotatable bonds is 4. The number of nitrogens with zero attached hydrogens (tertiary/aromatic N) is 3. The van der Waals surface area contributed by atoms with E-state index in [9.17, 15) is 0 Å². The summed E-state index contributed by atoms with van der Waals surface area (Å²) >= 11 is 0. The topological polar surface area (TPSA) is 42.7 Å². The summed E-state index contributed by atoms with van der Waals surface area (Å²) in [4.78, 5) is 4.42. The van der Waals surface area contributed by atoms with Gasteiger partial charge >= 0.3 is 0 Å². The highest BCUT2D eigenvalue weighted by molar-refractivity contribution is 5.45. The van der Waals surface area contributed by atoms with Crippen molar-refractivity contribution in [1.29, 1.82) is 0 Å². The lowest BCUT2D eigenvalue weighted by Gasteiger charge is -2.16. The molecule has 1 atom stereocenters. The van der Waals surface area contributed by atoms with E-state index < -0.39 is 0 Å². The van der Waals surface area contributed by atoms with Gasteiger partial charge in [-0.15, -0.1) is 0 Å². The number of hydrogen-bond donors (Lipinski definition) is 1. The molecule has 1 N–H and O–H groups in total. The Labute approximate surface area is 124 Å². The number of pyridine rings is 1. The Bertz CT molecular complexity index is 702. The zero-order valence-corrected chi connectivity index (χ0v) is 12.2. The molecule has 0 aliphatic carbocycles. The van der Waals surface area contributed by atoms with Crippen molar-refractivity contribution < 1.29 is 0 Å². The average Bonchev–Trinajstić information content (AvgIpc) is 3.02. The largest absolute Gasteiger partial charge is 0.377 e. The number of hydrogen-bond acceptors (Lipinski definition) is 3. The van der Waals surface area contributed by atoms with Crippen LogP contribution in [0, 0.1) is 6.92 Å². The SMILES string of the molecule is Cc1cccc(C(C)Nc2ccc(-n3cccn3)nc2)c1.